The van der Waals surface area contributed by atoms with E-state index in [1.165, 1.54) is 0 Å². The molecule has 2 atom stereocenters. The monoisotopic (exact) mass is 275 g/mol. The molecule has 2 aromatic rings. The van der Waals surface area contributed by atoms with Crippen LogP contribution in [-0.2, 0) is 17.8 Å². The lowest BCUT2D eigenvalue weighted by molar-refractivity contribution is -0.123. The Morgan fingerprint density at radius 3 is 3.32 bits per heavy atom. The highest BCUT2D eigenvalue weighted by atomic mass is 32.1. The van der Waals surface area contributed by atoms with Gasteiger partial charge in [0.25, 0.3) is 0 Å². The third-order valence-corrected chi connectivity index (χ3v) is 4.42. The van der Waals surface area contributed by atoms with Crippen LogP contribution in [0.4, 0.5) is 0 Å². The minimum Gasteiger partial charge on any atom is -0.351 e. The molecule has 1 aliphatic rings. The topological polar surface area (TPSA) is 46.9 Å². The molecule has 4 nitrogen and oxygen atoms in total. The number of carbonyl (C=O) groups excluding carboxylic acids is 1. The van der Waals surface area contributed by atoms with Crippen LogP contribution >= 0.6 is 11.3 Å². The van der Waals surface area contributed by atoms with Crippen LogP contribution in [0.1, 0.15) is 30.7 Å². The summed E-state index contributed by atoms with van der Waals surface area (Å²) in [5.41, 5.74) is 1.10. The number of nitrogens with one attached hydrogen (secondary N) is 1. The lowest BCUT2D eigenvalue weighted by Gasteiger charge is -2.26. The molecule has 0 aliphatic carbocycles. The summed E-state index contributed by atoms with van der Waals surface area (Å²) < 4.78 is 2.13. The lowest BCUT2D eigenvalue weighted by atomic mass is 10.0. The second kappa shape index (κ2) is 5.17. The van der Waals surface area contributed by atoms with Gasteiger partial charge in [0.15, 0.2) is 0 Å². The van der Waals surface area contributed by atoms with Crippen LogP contribution in [0.3, 0.4) is 0 Å². The van der Waals surface area contributed by atoms with Crippen molar-refractivity contribution >= 4 is 17.2 Å². The second-order valence-corrected chi connectivity index (χ2v) is 5.80. The van der Waals surface area contributed by atoms with E-state index in [9.17, 15) is 4.79 Å². The number of amides is 1. The first-order valence-electron chi connectivity index (χ1n) is 6.56. The predicted molar refractivity (Wildman–Crippen MR) is 75.2 cm³/mol. The summed E-state index contributed by atoms with van der Waals surface area (Å²) in [6.45, 7) is 2.79. The van der Waals surface area contributed by atoms with Gasteiger partial charge >= 0.3 is 0 Å². The predicted octanol–water partition coefficient (Wildman–Crippen LogP) is 2.18. The van der Waals surface area contributed by atoms with Gasteiger partial charge in [0.1, 0.15) is 5.82 Å². The van der Waals surface area contributed by atoms with Crippen LogP contribution in [-0.4, -0.2) is 21.5 Å². The average molecular weight is 275 g/mol. The normalized spacial score (nSPS) is 19.7. The molecule has 2 aromatic heterocycles. The van der Waals surface area contributed by atoms with Crippen molar-refractivity contribution in [1.29, 1.82) is 0 Å². The summed E-state index contributed by atoms with van der Waals surface area (Å²) in [6.07, 6.45) is 5.72. The van der Waals surface area contributed by atoms with Gasteiger partial charge in [0.05, 0.1) is 5.92 Å². The third kappa shape index (κ3) is 2.56. The highest BCUT2D eigenvalue weighted by Gasteiger charge is 2.23. The van der Waals surface area contributed by atoms with E-state index in [0.29, 0.717) is 0 Å². The van der Waals surface area contributed by atoms with Crippen LogP contribution in [0.5, 0.6) is 0 Å². The van der Waals surface area contributed by atoms with Crippen molar-refractivity contribution < 1.29 is 4.79 Å². The molecule has 0 bridgehead atoms. The largest absolute Gasteiger partial charge is 0.351 e. The van der Waals surface area contributed by atoms with Crippen molar-refractivity contribution in [2.75, 3.05) is 0 Å². The van der Waals surface area contributed by atoms with Crippen molar-refractivity contribution in [1.82, 2.24) is 14.9 Å². The van der Waals surface area contributed by atoms with Crippen molar-refractivity contribution in [3.63, 3.8) is 0 Å². The molecular formula is C14H17N3OS. The summed E-state index contributed by atoms with van der Waals surface area (Å²) in [4.78, 5) is 16.5. The van der Waals surface area contributed by atoms with Gasteiger partial charge in [-0.05, 0) is 35.7 Å². The first-order valence-corrected chi connectivity index (χ1v) is 7.51. The van der Waals surface area contributed by atoms with Gasteiger partial charge in [-0.3, -0.25) is 4.79 Å². The van der Waals surface area contributed by atoms with E-state index in [1.807, 2.05) is 36.1 Å². The summed E-state index contributed by atoms with van der Waals surface area (Å²) in [6, 6.07) is 2.24. The molecule has 1 N–H and O–H groups in total. The third-order valence-electron chi connectivity index (χ3n) is 3.72. The van der Waals surface area contributed by atoms with Crippen molar-refractivity contribution in [2.24, 2.45) is 0 Å². The number of nitrogens with zero attached hydrogens (tertiary/aromatic N) is 2. The van der Waals surface area contributed by atoms with Gasteiger partial charge in [0.2, 0.25) is 5.91 Å². The summed E-state index contributed by atoms with van der Waals surface area (Å²) in [5.74, 6) is 1.17. The summed E-state index contributed by atoms with van der Waals surface area (Å²) in [7, 11) is 0. The zero-order valence-corrected chi connectivity index (χ0v) is 11.7. The Morgan fingerprint density at radius 2 is 2.53 bits per heavy atom. The molecule has 3 heterocycles. The van der Waals surface area contributed by atoms with Crippen molar-refractivity contribution in [3.8, 4) is 0 Å². The van der Waals surface area contributed by atoms with Gasteiger partial charge in [-0.1, -0.05) is 0 Å². The second-order valence-electron chi connectivity index (χ2n) is 5.02. The van der Waals surface area contributed by atoms with E-state index < -0.39 is 0 Å². The molecule has 1 aliphatic heterocycles. The Labute approximate surface area is 116 Å². The molecule has 0 saturated heterocycles. The minimum atomic E-state index is -0.0737. The van der Waals surface area contributed by atoms with Crippen LogP contribution in [0.2, 0.25) is 0 Å². The SMILES string of the molecule is C[C@H](C(=O)N[C@@H]1CCc2nccn2C1)c1ccsc1. The van der Waals surface area contributed by atoms with E-state index in [4.69, 9.17) is 0 Å². The molecule has 0 fully saturated rings. The number of fused-ring (bicyclic) bond motifs is 1. The number of imidazole rings is 1. The molecule has 0 aromatic carbocycles. The molecule has 3 rings (SSSR count). The number of rotatable bonds is 3. The molecule has 0 unspecified atom stereocenters. The Kier molecular flexibility index (Phi) is 3.38. The van der Waals surface area contributed by atoms with E-state index in [0.717, 1.165) is 30.8 Å². The highest BCUT2D eigenvalue weighted by molar-refractivity contribution is 7.08. The maximum atomic E-state index is 12.2. The van der Waals surface area contributed by atoms with E-state index >= 15 is 0 Å². The first kappa shape index (κ1) is 12.4. The van der Waals surface area contributed by atoms with Gasteiger partial charge < -0.3 is 9.88 Å². The maximum Gasteiger partial charge on any atom is 0.227 e. The number of aryl methyl sites for hydroxylation is 1. The zero-order chi connectivity index (χ0) is 13.2. The van der Waals surface area contributed by atoms with Crippen molar-refractivity contribution in [2.45, 2.75) is 38.3 Å². The number of carbonyl (C=O) groups is 1. The average Bonchev–Trinajstić information content (AvgIpc) is 3.08. The number of hydrogen-bond donors (Lipinski definition) is 1. The molecule has 0 radical (unpaired) electrons. The number of thiophene rings is 1. The van der Waals surface area contributed by atoms with Crippen LogP contribution < -0.4 is 5.32 Å². The Hall–Kier alpha value is -1.62. The standard InChI is InChI=1S/C14H17N3OS/c1-10(11-4-7-19-9-11)14(18)16-12-2-3-13-15-5-6-17(13)8-12/h4-7,9-10,12H,2-3,8H2,1H3,(H,16,18)/t10-,12+/m0/s1. The minimum absolute atomic E-state index is 0.0737. The fourth-order valence-corrected chi connectivity index (χ4v) is 3.24. The van der Waals surface area contributed by atoms with Gasteiger partial charge in [-0.2, -0.15) is 11.3 Å². The zero-order valence-electron chi connectivity index (χ0n) is 10.9. The number of aromatic nitrogens is 2. The lowest BCUT2D eigenvalue weighted by Crippen LogP contribution is -2.42. The van der Waals surface area contributed by atoms with Crippen LogP contribution in [0.15, 0.2) is 29.2 Å². The molecular weight excluding hydrogens is 258 g/mol. The smallest absolute Gasteiger partial charge is 0.227 e. The Morgan fingerprint density at radius 1 is 1.63 bits per heavy atom. The fourth-order valence-electron chi connectivity index (χ4n) is 2.48. The molecule has 0 spiro atoms. The first-order chi connectivity index (χ1) is 9.24. The number of hydrogen-bond acceptors (Lipinski definition) is 3. The van der Waals surface area contributed by atoms with E-state index in [1.54, 1.807) is 11.3 Å². The Bertz CT molecular complexity index is 561. The quantitative estimate of drug-likeness (QED) is 0.933. The summed E-state index contributed by atoms with van der Waals surface area (Å²) in [5, 5.41) is 7.21. The van der Waals surface area contributed by atoms with Gasteiger partial charge in [-0.25, -0.2) is 4.98 Å². The van der Waals surface area contributed by atoms with E-state index in [2.05, 4.69) is 14.9 Å². The van der Waals surface area contributed by atoms with Gasteiger partial charge in [-0.15, -0.1) is 0 Å². The van der Waals surface area contributed by atoms with Crippen LogP contribution in [0.25, 0.3) is 0 Å². The molecule has 5 heteroatoms. The highest BCUT2D eigenvalue weighted by Crippen LogP contribution is 2.19. The van der Waals surface area contributed by atoms with Gasteiger partial charge in [0, 0.05) is 31.4 Å². The molecule has 0 saturated carbocycles. The van der Waals surface area contributed by atoms with Crippen LogP contribution in [0, 0.1) is 0 Å². The fraction of sp³-hybridized carbons (Fsp3) is 0.429. The van der Waals surface area contributed by atoms with E-state index in [-0.39, 0.29) is 17.9 Å². The van der Waals surface area contributed by atoms with Crippen molar-refractivity contribution in [3.05, 3.63) is 40.6 Å². The Balaban J connectivity index is 1.62. The molecule has 19 heavy (non-hydrogen) atoms. The molecule has 1 amide bonds. The molecule has 100 valence electrons. The summed E-state index contributed by atoms with van der Waals surface area (Å²) >= 11 is 1.63. The maximum absolute atomic E-state index is 12.2.